The lowest BCUT2D eigenvalue weighted by Gasteiger charge is -2.60. The van der Waals surface area contributed by atoms with Crippen molar-refractivity contribution in [3.63, 3.8) is 0 Å². The van der Waals surface area contributed by atoms with E-state index in [1.54, 1.807) is 0 Å². The van der Waals surface area contributed by atoms with Crippen LogP contribution in [0.5, 0.6) is 0 Å². The summed E-state index contributed by atoms with van der Waals surface area (Å²) in [6.07, 6.45) is 18.7. The van der Waals surface area contributed by atoms with Crippen LogP contribution >= 0.6 is 0 Å². The molecule has 4 aliphatic carbocycles. The van der Waals surface area contributed by atoms with Crippen LogP contribution in [0, 0.1) is 52.3 Å². The molecular weight excluding hydrogens is 352 g/mol. The van der Waals surface area contributed by atoms with Crippen LogP contribution in [0.15, 0.2) is 11.6 Å². The fourth-order valence-corrected chi connectivity index (χ4v) is 9.01. The molecule has 0 aromatic heterocycles. The SMILES string of the molecule is CC(C)CCC[C@@H](C)[C@H]1CC[C@H]2[C@@H]3CC[C@H]4C=C(C=O)CC[C@]4(C)[C@H]3CC[C@]12C. The largest absolute Gasteiger partial charge is 0.298 e. The molecule has 0 N–H and O–H groups in total. The van der Waals surface area contributed by atoms with Crippen molar-refractivity contribution >= 4 is 6.29 Å². The second-order valence-corrected chi connectivity index (χ2v) is 12.5. The molecule has 0 aromatic carbocycles. The van der Waals surface area contributed by atoms with Gasteiger partial charge in [0.05, 0.1) is 0 Å². The first-order valence-corrected chi connectivity index (χ1v) is 13.0. The molecule has 0 aliphatic heterocycles. The van der Waals surface area contributed by atoms with Crippen LogP contribution < -0.4 is 0 Å². The standard InChI is InChI=1S/C28H46O/c1-19(2)7-6-8-20(3)24-11-12-25-23-10-9-22-17-21(18-29)13-15-27(22,4)26(23)14-16-28(24,25)5/h17-20,22-26H,6-16H2,1-5H3/t20-,22+,23+,24-,25+,26+,27+,28-/m1/s1. The van der Waals surface area contributed by atoms with Gasteiger partial charge in [-0.1, -0.05) is 60.0 Å². The van der Waals surface area contributed by atoms with Gasteiger partial charge >= 0.3 is 0 Å². The third kappa shape index (κ3) is 3.67. The summed E-state index contributed by atoms with van der Waals surface area (Å²) in [5, 5.41) is 0. The minimum atomic E-state index is 0.456. The van der Waals surface area contributed by atoms with Crippen LogP contribution in [-0.2, 0) is 4.79 Å². The van der Waals surface area contributed by atoms with E-state index in [9.17, 15) is 4.79 Å². The molecule has 0 unspecified atom stereocenters. The molecule has 1 heteroatoms. The molecule has 0 heterocycles. The van der Waals surface area contributed by atoms with E-state index in [1.807, 2.05) is 0 Å². The van der Waals surface area contributed by atoms with Gasteiger partial charge in [0, 0.05) is 0 Å². The van der Waals surface area contributed by atoms with Crippen LogP contribution in [0.3, 0.4) is 0 Å². The minimum Gasteiger partial charge on any atom is -0.298 e. The highest BCUT2D eigenvalue weighted by Crippen LogP contribution is 2.68. The zero-order chi connectivity index (χ0) is 20.8. The van der Waals surface area contributed by atoms with Gasteiger partial charge in [-0.05, 0) is 109 Å². The lowest BCUT2D eigenvalue weighted by atomic mass is 9.45. The lowest BCUT2D eigenvalue weighted by molar-refractivity contribution is -0.107. The van der Waals surface area contributed by atoms with E-state index >= 15 is 0 Å². The lowest BCUT2D eigenvalue weighted by Crippen LogP contribution is -2.52. The molecular formula is C28H46O. The number of carbonyl (C=O) groups is 1. The number of fused-ring (bicyclic) bond motifs is 5. The Morgan fingerprint density at radius 2 is 1.72 bits per heavy atom. The maximum absolute atomic E-state index is 11.4. The molecule has 0 aromatic rings. The molecule has 1 nitrogen and oxygen atoms in total. The average molecular weight is 399 g/mol. The van der Waals surface area contributed by atoms with E-state index < -0.39 is 0 Å². The molecule has 3 fully saturated rings. The summed E-state index contributed by atoms with van der Waals surface area (Å²) in [6, 6.07) is 0. The van der Waals surface area contributed by atoms with Crippen LogP contribution in [0.2, 0.25) is 0 Å². The monoisotopic (exact) mass is 398 g/mol. The van der Waals surface area contributed by atoms with E-state index in [0.717, 1.165) is 53.8 Å². The molecule has 29 heavy (non-hydrogen) atoms. The van der Waals surface area contributed by atoms with Gasteiger partial charge in [0.15, 0.2) is 0 Å². The summed E-state index contributed by atoms with van der Waals surface area (Å²) >= 11 is 0. The number of rotatable bonds is 6. The fraction of sp³-hybridized carbons (Fsp3) is 0.893. The zero-order valence-electron chi connectivity index (χ0n) is 19.9. The van der Waals surface area contributed by atoms with Crippen molar-refractivity contribution in [3.8, 4) is 0 Å². The van der Waals surface area contributed by atoms with Crippen molar-refractivity contribution in [2.75, 3.05) is 0 Å². The molecule has 0 bridgehead atoms. The van der Waals surface area contributed by atoms with Crippen molar-refractivity contribution in [3.05, 3.63) is 11.6 Å². The number of hydrogen-bond acceptors (Lipinski definition) is 1. The minimum absolute atomic E-state index is 0.456. The van der Waals surface area contributed by atoms with Crippen molar-refractivity contribution in [1.82, 2.24) is 0 Å². The van der Waals surface area contributed by atoms with Crippen LogP contribution in [-0.4, -0.2) is 6.29 Å². The molecule has 4 aliphatic rings. The highest BCUT2D eigenvalue weighted by molar-refractivity contribution is 5.73. The Balaban J connectivity index is 1.48. The molecule has 0 spiro atoms. The van der Waals surface area contributed by atoms with Gasteiger partial charge in [-0.2, -0.15) is 0 Å². The third-order valence-electron chi connectivity index (χ3n) is 10.7. The van der Waals surface area contributed by atoms with Crippen LogP contribution in [0.4, 0.5) is 0 Å². The van der Waals surface area contributed by atoms with Crippen molar-refractivity contribution in [2.45, 2.75) is 105 Å². The van der Waals surface area contributed by atoms with Crippen molar-refractivity contribution in [1.29, 1.82) is 0 Å². The fourth-order valence-electron chi connectivity index (χ4n) is 9.01. The van der Waals surface area contributed by atoms with Gasteiger partial charge in [0.2, 0.25) is 0 Å². The summed E-state index contributed by atoms with van der Waals surface area (Å²) in [4.78, 5) is 11.4. The topological polar surface area (TPSA) is 17.1 Å². The molecule has 0 amide bonds. The molecule has 4 rings (SSSR count). The number of hydrogen-bond donors (Lipinski definition) is 0. The van der Waals surface area contributed by atoms with Gasteiger partial charge in [-0.3, -0.25) is 4.79 Å². The summed E-state index contributed by atoms with van der Waals surface area (Å²) in [6.45, 7) is 12.6. The number of allylic oxidation sites excluding steroid dienone is 2. The van der Waals surface area contributed by atoms with Crippen molar-refractivity contribution in [2.24, 2.45) is 52.3 Å². The van der Waals surface area contributed by atoms with E-state index in [0.29, 0.717) is 16.7 Å². The molecule has 0 radical (unpaired) electrons. The maximum Gasteiger partial charge on any atom is 0.145 e. The quantitative estimate of drug-likeness (QED) is 0.416. The summed E-state index contributed by atoms with van der Waals surface area (Å²) in [5.41, 5.74) is 2.14. The predicted molar refractivity (Wildman–Crippen MR) is 123 cm³/mol. The second kappa shape index (κ2) is 8.16. The Morgan fingerprint density at radius 3 is 2.45 bits per heavy atom. The van der Waals surface area contributed by atoms with E-state index in [2.05, 4.69) is 40.7 Å². The van der Waals surface area contributed by atoms with Crippen molar-refractivity contribution < 1.29 is 4.79 Å². The van der Waals surface area contributed by atoms with E-state index in [-0.39, 0.29) is 0 Å². The highest BCUT2D eigenvalue weighted by Gasteiger charge is 2.59. The predicted octanol–water partition coefficient (Wildman–Crippen LogP) is 7.84. The smallest absolute Gasteiger partial charge is 0.145 e. The van der Waals surface area contributed by atoms with Gasteiger partial charge in [-0.15, -0.1) is 0 Å². The van der Waals surface area contributed by atoms with Gasteiger partial charge in [0.25, 0.3) is 0 Å². The first-order chi connectivity index (χ1) is 13.8. The first-order valence-electron chi connectivity index (χ1n) is 13.0. The summed E-state index contributed by atoms with van der Waals surface area (Å²) < 4.78 is 0. The molecule has 3 saturated carbocycles. The van der Waals surface area contributed by atoms with Crippen LogP contribution in [0.25, 0.3) is 0 Å². The molecule has 8 atom stereocenters. The Hall–Kier alpha value is -0.590. The Kier molecular flexibility index (Phi) is 6.09. The van der Waals surface area contributed by atoms with E-state index in [1.165, 1.54) is 64.2 Å². The Morgan fingerprint density at radius 1 is 0.966 bits per heavy atom. The van der Waals surface area contributed by atoms with Gasteiger partial charge in [-0.25, -0.2) is 0 Å². The summed E-state index contributed by atoms with van der Waals surface area (Å²) in [5.74, 6) is 6.19. The number of carbonyl (C=O) groups excluding carboxylic acids is 1. The Bertz CT molecular complexity index is 632. The Labute approximate surface area is 180 Å². The maximum atomic E-state index is 11.4. The average Bonchev–Trinajstić information content (AvgIpc) is 3.04. The second-order valence-electron chi connectivity index (χ2n) is 12.5. The zero-order valence-corrected chi connectivity index (χ0v) is 19.9. The summed E-state index contributed by atoms with van der Waals surface area (Å²) in [7, 11) is 0. The highest BCUT2D eigenvalue weighted by atomic mass is 16.1. The third-order valence-corrected chi connectivity index (χ3v) is 10.7. The van der Waals surface area contributed by atoms with E-state index in [4.69, 9.17) is 0 Å². The van der Waals surface area contributed by atoms with Crippen LogP contribution in [0.1, 0.15) is 105 Å². The van der Waals surface area contributed by atoms with Gasteiger partial charge < -0.3 is 0 Å². The first kappa shape index (κ1) is 21.6. The molecule has 164 valence electrons. The molecule has 0 saturated heterocycles. The normalized spacial score (nSPS) is 45.2. The van der Waals surface area contributed by atoms with Gasteiger partial charge in [0.1, 0.15) is 6.29 Å². The number of aldehydes is 1.